The van der Waals surface area contributed by atoms with Crippen molar-refractivity contribution in [3.8, 4) is 11.8 Å². The number of carbonyl (C=O) groups is 1. The molecule has 2 aromatic rings. The molecular formula is C18H16Cl2N2O2. The molecule has 6 heteroatoms. The molecule has 0 radical (unpaired) electrons. The number of esters is 1. The fourth-order valence-corrected chi connectivity index (χ4v) is 2.96. The first kappa shape index (κ1) is 18.1. The highest BCUT2D eigenvalue weighted by Crippen LogP contribution is 2.29. The van der Waals surface area contributed by atoms with Gasteiger partial charge in [0.2, 0.25) is 0 Å². The minimum Gasteiger partial charge on any atom is -0.462 e. The predicted molar refractivity (Wildman–Crippen MR) is 95.5 cm³/mol. The molecule has 0 fully saturated rings. The third-order valence-electron chi connectivity index (χ3n) is 3.54. The summed E-state index contributed by atoms with van der Waals surface area (Å²) in [6.45, 7) is 5.73. The molecule has 24 heavy (non-hydrogen) atoms. The average Bonchev–Trinajstić information content (AvgIpc) is 2.80. The molecule has 1 heterocycles. The largest absolute Gasteiger partial charge is 0.462 e. The molecule has 0 aliphatic carbocycles. The zero-order chi connectivity index (χ0) is 17.9. The monoisotopic (exact) mass is 362 g/mol. The van der Waals surface area contributed by atoms with E-state index in [1.807, 2.05) is 36.6 Å². The SMILES string of the molecule is CCOC(=O)/C(C#N)=C/c1cc(C)n(-c2ccc(Cl)cc2Cl)c1C. The van der Waals surface area contributed by atoms with Gasteiger partial charge in [-0.1, -0.05) is 23.2 Å². The molecule has 124 valence electrons. The maximum atomic E-state index is 11.8. The van der Waals surface area contributed by atoms with E-state index < -0.39 is 5.97 Å². The van der Waals surface area contributed by atoms with Gasteiger partial charge in [-0.2, -0.15) is 5.26 Å². The number of hydrogen-bond donors (Lipinski definition) is 0. The van der Waals surface area contributed by atoms with Gasteiger partial charge in [0, 0.05) is 16.4 Å². The second kappa shape index (κ2) is 7.57. The molecule has 4 nitrogen and oxygen atoms in total. The van der Waals surface area contributed by atoms with Crippen molar-refractivity contribution in [3.05, 3.63) is 56.8 Å². The second-order valence-corrected chi connectivity index (χ2v) is 5.99. The third kappa shape index (κ3) is 3.64. The third-order valence-corrected chi connectivity index (χ3v) is 4.07. The van der Waals surface area contributed by atoms with Crippen LogP contribution in [0.5, 0.6) is 0 Å². The van der Waals surface area contributed by atoms with Crippen LogP contribution in [0.25, 0.3) is 11.8 Å². The van der Waals surface area contributed by atoms with E-state index in [0.29, 0.717) is 10.0 Å². The van der Waals surface area contributed by atoms with E-state index in [1.54, 1.807) is 19.1 Å². The lowest BCUT2D eigenvalue weighted by molar-refractivity contribution is -0.137. The Labute approximate surface area is 150 Å². The molecule has 0 amide bonds. The molecular weight excluding hydrogens is 347 g/mol. The fourth-order valence-electron chi connectivity index (χ4n) is 2.47. The number of halogens is 2. The zero-order valence-electron chi connectivity index (χ0n) is 13.6. The van der Waals surface area contributed by atoms with Crippen molar-refractivity contribution in [3.63, 3.8) is 0 Å². The van der Waals surface area contributed by atoms with Gasteiger partial charge in [-0.25, -0.2) is 4.79 Å². The van der Waals surface area contributed by atoms with E-state index >= 15 is 0 Å². The van der Waals surface area contributed by atoms with Crippen LogP contribution in [0.1, 0.15) is 23.9 Å². The van der Waals surface area contributed by atoms with Crippen LogP contribution in [0.4, 0.5) is 0 Å². The van der Waals surface area contributed by atoms with Crippen molar-refractivity contribution in [2.24, 2.45) is 0 Å². The van der Waals surface area contributed by atoms with Gasteiger partial charge < -0.3 is 9.30 Å². The summed E-state index contributed by atoms with van der Waals surface area (Å²) in [5, 5.41) is 10.3. The van der Waals surface area contributed by atoms with E-state index in [4.69, 9.17) is 27.9 Å². The van der Waals surface area contributed by atoms with E-state index in [1.165, 1.54) is 6.08 Å². The quantitative estimate of drug-likeness (QED) is 0.442. The minimum absolute atomic E-state index is 0.0423. The van der Waals surface area contributed by atoms with Crippen LogP contribution in [0, 0.1) is 25.2 Å². The fraction of sp³-hybridized carbons (Fsp3) is 0.222. The number of ether oxygens (including phenoxy) is 1. The predicted octanol–water partition coefficient (Wildman–Crippen LogP) is 4.87. The Morgan fingerprint density at radius 2 is 2.04 bits per heavy atom. The molecule has 0 saturated carbocycles. The Morgan fingerprint density at radius 3 is 2.62 bits per heavy atom. The van der Waals surface area contributed by atoms with Crippen LogP contribution in [-0.4, -0.2) is 17.1 Å². The minimum atomic E-state index is -0.630. The summed E-state index contributed by atoms with van der Waals surface area (Å²) >= 11 is 12.2. The van der Waals surface area contributed by atoms with Crippen LogP contribution in [0.2, 0.25) is 10.0 Å². The Kier molecular flexibility index (Phi) is 5.71. The molecule has 0 unspecified atom stereocenters. The normalized spacial score (nSPS) is 11.2. The Bertz CT molecular complexity index is 861. The van der Waals surface area contributed by atoms with Gasteiger partial charge in [0.15, 0.2) is 0 Å². The molecule has 0 saturated heterocycles. The highest BCUT2D eigenvalue weighted by molar-refractivity contribution is 6.35. The maximum absolute atomic E-state index is 11.8. The van der Waals surface area contributed by atoms with Gasteiger partial charge in [0.1, 0.15) is 11.6 Å². The molecule has 0 bridgehead atoms. The van der Waals surface area contributed by atoms with Crippen LogP contribution in [0.3, 0.4) is 0 Å². The number of rotatable bonds is 4. The molecule has 0 spiro atoms. The van der Waals surface area contributed by atoms with Crippen LogP contribution in [-0.2, 0) is 9.53 Å². The van der Waals surface area contributed by atoms with Gasteiger partial charge >= 0.3 is 5.97 Å². The Balaban J connectivity index is 2.54. The summed E-state index contributed by atoms with van der Waals surface area (Å²) in [6, 6.07) is 9.03. The number of nitrogens with zero attached hydrogens (tertiary/aromatic N) is 2. The smallest absolute Gasteiger partial charge is 0.348 e. The average molecular weight is 363 g/mol. The molecule has 0 atom stereocenters. The van der Waals surface area contributed by atoms with Crippen molar-refractivity contribution >= 4 is 35.2 Å². The number of hydrogen-bond acceptors (Lipinski definition) is 3. The molecule has 0 N–H and O–H groups in total. The Morgan fingerprint density at radius 1 is 1.33 bits per heavy atom. The highest BCUT2D eigenvalue weighted by Gasteiger charge is 2.15. The molecule has 1 aromatic heterocycles. The van der Waals surface area contributed by atoms with Crippen LogP contribution < -0.4 is 0 Å². The summed E-state index contributed by atoms with van der Waals surface area (Å²) in [6.07, 6.45) is 1.53. The van der Waals surface area contributed by atoms with Crippen LogP contribution >= 0.6 is 23.2 Å². The van der Waals surface area contributed by atoms with Crippen molar-refractivity contribution < 1.29 is 9.53 Å². The maximum Gasteiger partial charge on any atom is 0.348 e. The summed E-state index contributed by atoms with van der Waals surface area (Å²) in [7, 11) is 0. The lowest BCUT2D eigenvalue weighted by Gasteiger charge is -2.12. The van der Waals surface area contributed by atoms with Crippen molar-refractivity contribution in [2.75, 3.05) is 6.61 Å². The van der Waals surface area contributed by atoms with Gasteiger partial charge in [0.25, 0.3) is 0 Å². The van der Waals surface area contributed by atoms with E-state index in [0.717, 1.165) is 22.6 Å². The lowest BCUT2D eigenvalue weighted by Crippen LogP contribution is -2.06. The van der Waals surface area contributed by atoms with E-state index in [2.05, 4.69) is 0 Å². The standard InChI is InChI=1S/C18H16Cl2N2O2/c1-4-24-18(23)14(10-21)8-13-7-11(2)22(12(13)3)17-6-5-15(19)9-16(17)20/h5-9H,4H2,1-3H3/b14-8+. The number of aryl methyl sites for hydroxylation is 1. The van der Waals surface area contributed by atoms with Gasteiger partial charge in [-0.05, 0) is 56.7 Å². The van der Waals surface area contributed by atoms with Crippen molar-refractivity contribution in [2.45, 2.75) is 20.8 Å². The summed E-state index contributed by atoms with van der Waals surface area (Å²) in [5.41, 5.74) is 3.27. The van der Waals surface area contributed by atoms with Gasteiger partial charge in [0.05, 0.1) is 17.3 Å². The molecule has 0 aliphatic rings. The first-order valence-electron chi connectivity index (χ1n) is 7.32. The van der Waals surface area contributed by atoms with Gasteiger partial charge in [-0.3, -0.25) is 0 Å². The summed E-state index contributed by atoms with van der Waals surface area (Å²) in [5.74, 6) is -0.630. The number of benzene rings is 1. The van der Waals surface area contributed by atoms with Crippen molar-refractivity contribution in [1.29, 1.82) is 5.26 Å². The zero-order valence-corrected chi connectivity index (χ0v) is 15.1. The summed E-state index contributed by atoms with van der Waals surface area (Å²) in [4.78, 5) is 11.8. The van der Waals surface area contributed by atoms with Crippen molar-refractivity contribution in [1.82, 2.24) is 4.57 Å². The second-order valence-electron chi connectivity index (χ2n) is 5.15. The summed E-state index contributed by atoms with van der Waals surface area (Å²) < 4.78 is 6.84. The van der Waals surface area contributed by atoms with Gasteiger partial charge in [-0.15, -0.1) is 0 Å². The first-order chi connectivity index (χ1) is 11.4. The number of carbonyl (C=O) groups excluding carboxylic acids is 1. The molecule has 0 aliphatic heterocycles. The topological polar surface area (TPSA) is 55.0 Å². The lowest BCUT2D eigenvalue weighted by atomic mass is 10.1. The van der Waals surface area contributed by atoms with Crippen LogP contribution in [0.15, 0.2) is 29.8 Å². The Hall–Kier alpha value is -2.22. The van der Waals surface area contributed by atoms with E-state index in [9.17, 15) is 10.1 Å². The first-order valence-corrected chi connectivity index (χ1v) is 8.08. The van der Waals surface area contributed by atoms with E-state index in [-0.39, 0.29) is 12.2 Å². The number of nitriles is 1. The molecule has 1 aromatic carbocycles. The number of aromatic nitrogens is 1. The highest BCUT2D eigenvalue weighted by atomic mass is 35.5. The molecule has 2 rings (SSSR count).